The highest BCUT2D eigenvalue weighted by Crippen LogP contribution is 2.11. The summed E-state index contributed by atoms with van der Waals surface area (Å²) in [6.45, 7) is 4.46. The predicted octanol–water partition coefficient (Wildman–Crippen LogP) is 3.79. The van der Waals surface area contributed by atoms with Gasteiger partial charge in [-0.15, -0.1) is 12.4 Å². The van der Waals surface area contributed by atoms with Crippen LogP contribution in [0.2, 0.25) is 0 Å². The lowest BCUT2D eigenvalue weighted by molar-refractivity contribution is 0.0696. The van der Waals surface area contributed by atoms with Crippen LogP contribution in [0.5, 0.6) is 0 Å². The molecule has 0 fully saturated rings. The van der Waals surface area contributed by atoms with Gasteiger partial charge in [-0.1, -0.05) is 39.5 Å². The molecule has 0 aliphatic carbocycles. The zero-order valence-electron chi connectivity index (χ0n) is 12.5. The zero-order valence-corrected chi connectivity index (χ0v) is 13.4. The van der Waals surface area contributed by atoms with Crippen LogP contribution in [0, 0.1) is 0 Å². The lowest BCUT2D eigenvalue weighted by Gasteiger charge is -2.00. The number of carboxylic acids is 3. The molecule has 0 aliphatic rings. The van der Waals surface area contributed by atoms with E-state index < -0.39 is 17.9 Å². The maximum absolute atomic E-state index is 10.6. The SMILES string of the molecule is CCCCCC.Cl.O=C(O)c1cc(C(=O)O)cc(C(=O)O)c1. The van der Waals surface area contributed by atoms with Gasteiger partial charge >= 0.3 is 17.9 Å². The maximum atomic E-state index is 10.6. The normalized spacial score (nSPS) is 9.00. The first-order valence-electron chi connectivity index (χ1n) is 6.68. The Hall–Kier alpha value is -2.08. The van der Waals surface area contributed by atoms with Crippen LogP contribution in [-0.4, -0.2) is 33.2 Å². The Kier molecular flexibility index (Phi) is 11.7. The molecule has 0 atom stereocenters. The molecule has 0 saturated carbocycles. The van der Waals surface area contributed by atoms with E-state index in [2.05, 4.69) is 13.8 Å². The first kappa shape index (κ1) is 22.2. The van der Waals surface area contributed by atoms with Crippen molar-refractivity contribution in [2.75, 3.05) is 0 Å². The van der Waals surface area contributed by atoms with Gasteiger partial charge < -0.3 is 15.3 Å². The molecule has 0 radical (unpaired) electrons. The van der Waals surface area contributed by atoms with Crippen molar-refractivity contribution in [2.24, 2.45) is 0 Å². The molecular weight excluding hydrogens is 312 g/mol. The van der Waals surface area contributed by atoms with Crippen molar-refractivity contribution in [3.05, 3.63) is 34.9 Å². The second-order valence-electron chi connectivity index (χ2n) is 4.42. The lowest BCUT2D eigenvalue weighted by atomic mass is 10.1. The van der Waals surface area contributed by atoms with Crippen LogP contribution < -0.4 is 0 Å². The molecule has 0 aromatic heterocycles. The van der Waals surface area contributed by atoms with E-state index in [-0.39, 0.29) is 29.1 Å². The number of aromatic carboxylic acids is 3. The van der Waals surface area contributed by atoms with Crippen LogP contribution in [0.4, 0.5) is 0 Å². The fourth-order valence-electron chi connectivity index (χ4n) is 1.50. The second-order valence-corrected chi connectivity index (χ2v) is 4.42. The Bertz CT molecular complexity index is 430. The van der Waals surface area contributed by atoms with Crippen molar-refractivity contribution in [1.29, 1.82) is 0 Å². The topological polar surface area (TPSA) is 112 Å². The monoisotopic (exact) mass is 332 g/mol. The molecule has 1 aromatic rings. The summed E-state index contributed by atoms with van der Waals surface area (Å²) in [7, 11) is 0. The van der Waals surface area contributed by atoms with Crippen LogP contribution in [0.25, 0.3) is 0 Å². The molecule has 124 valence electrons. The fraction of sp³-hybridized carbons (Fsp3) is 0.400. The third kappa shape index (κ3) is 8.26. The largest absolute Gasteiger partial charge is 0.478 e. The summed E-state index contributed by atoms with van der Waals surface area (Å²) < 4.78 is 0. The molecule has 6 nitrogen and oxygen atoms in total. The van der Waals surface area contributed by atoms with E-state index in [1.165, 1.54) is 25.7 Å². The van der Waals surface area contributed by atoms with Gasteiger partial charge in [0.1, 0.15) is 0 Å². The molecule has 1 aromatic carbocycles. The molecule has 7 heteroatoms. The van der Waals surface area contributed by atoms with E-state index in [1.54, 1.807) is 0 Å². The highest BCUT2D eigenvalue weighted by molar-refractivity contribution is 5.98. The second kappa shape index (κ2) is 11.6. The fourth-order valence-corrected chi connectivity index (χ4v) is 1.50. The quantitative estimate of drug-likeness (QED) is 0.683. The Balaban J connectivity index is 0. The molecular formula is C15H21ClO6. The maximum Gasteiger partial charge on any atom is 0.335 e. The minimum Gasteiger partial charge on any atom is -0.478 e. The zero-order chi connectivity index (χ0) is 16.4. The van der Waals surface area contributed by atoms with Gasteiger partial charge in [-0.2, -0.15) is 0 Å². The number of carboxylic acid groups (broad SMARTS) is 3. The Morgan fingerprint density at radius 3 is 1.09 bits per heavy atom. The van der Waals surface area contributed by atoms with Gasteiger partial charge in [-0.25, -0.2) is 14.4 Å². The van der Waals surface area contributed by atoms with Crippen LogP contribution in [-0.2, 0) is 0 Å². The van der Waals surface area contributed by atoms with Crippen molar-refractivity contribution in [2.45, 2.75) is 39.5 Å². The van der Waals surface area contributed by atoms with Crippen molar-refractivity contribution in [1.82, 2.24) is 0 Å². The molecule has 0 spiro atoms. The van der Waals surface area contributed by atoms with Crippen LogP contribution >= 0.6 is 12.4 Å². The summed E-state index contributed by atoms with van der Waals surface area (Å²) in [6.07, 6.45) is 5.54. The first-order chi connectivity index (χ1) is 9.83. The summed E-state index contributed by atoms with van der Waals surface area (Å²) in [4.78, 5) is 31.7. The van der Waals surface area contributed by atoms with Gasteiger partial charge in [0.2, 0.25) is 0 Å². The smallest absolute Gasteiger partial charge is 0.335 e. The molecule has 1 rings (SSSR count). The summed E-state index contributed by atoms with van der Waals surface area (Å²) in [5, 5.41) is 25.8. The average Bonchev–Trinajstić information content (AvgIpc) is 2.45. The van der Waals surface area contributed by atoms with Gasteiger partial charge in [0.25, 0.3) is 0 Å². The number of rotatable bonds is 6. The molecule has 0 amide bonds. The van der Waals surface area contributed by atoms with Gasteiger partial charge in [-0.05, 0) is 18.2 Å². The number of hydrogen-bond donors (Lipinski definition) is 3. The van der Waals surface area contributed by atoms with Crippen molar-refractivity contribution >= 4 is 30.3 Å². The molecule has 0 aliphatic heterocycles. The van der Waals surface area contributed by atoms with E-state index in [0.717, 1.165) is 18.2 Å². The summed E-state index contributed by atoms with van der Waals surface area (Å²) >= 11 is 0. The van der Waals surface area contributed by atoms with Crippen molar-refractivity contribution in [3.8, 4) is 0 Å². The number of halogens is 1. The van der Waals surface area contributed by atoms with Gasteiger partial charge in [0.05, 0.1) is 16.7 Å². The molecule has 0 saturated heterocycles. The van der Waals surface area contributed by atoms with Gasteiger partial charge in [-0.3, -0.25) is 0 Å². The highest BCUT2D eigenvalue weighted by Gasteiger charge is 2.14. The Morgan fingerprint density at radius 1 is 0.727 bits per heavy atom. The number of carbonyl (C=O) groups is 3. The predicted molar refractivity (Wildman–Crippen MR) is 84.4 cm³/mol. The van der Waals surface area contributed by atoms with Gasteiger partial charge in [0, 0.05) is 0 Å². The average molecular weight is 333 g/mol. The molecule has 0 unspecified atom stereocenters. The minimum absolute atomic E-state index is 0. The Morgan fingerprint density at radius 2 is 0.955 bits per heavy atom. The third-order valence-corrected chi connectivity index (χ3v) is 2.63. The summed E-state index contributed by atoms with van der Waals surface area (Å²) in [6, 6.07) is 2.70. The molecule has 0 bridgehead atoms. The number of unbranched alkanes of at least 4 members (excludes halogenated alkanes) is 3. The van der Waals surface area contributed by atoms with Crippen LogP contribution in [0.1, 0.15) is 70.6 Å². The molecule has 22 heavy (non-hydrogen) atoms. The van der Waals surface area contributed by atoms with Crippen molar-refractivity contribution < 1.29 is 29.7 Å². The minimum atomic E-state index is -1.37. The van der Waals surface area contributed by atoms with E-state index in [4.69, 9.17) is 15.3 Å². The van der Waals surface area contributed by atoms with Crippen LogP contribution in [0.15, 0.2) is 18.2 Å². The van der Waals surface area contributed by atoms with Crippen LogP contribution in [0.3, 0.4) is 0 Å². The number of hydrogen-bond acceptors (Lipinski definition) is 3. The van der Waals surface area contributed by atoms with Crippen molar-refractivity contribution in [3.63, 3.8) is 0 Å². The lowest BCUT2D eigenvalue weighted by Crippen LogP contribution is -2.07. The standard InChI is InChI=1S/C9H6O6.C6H14.ClH/c10-7(11)4-1-5(8(12)13)3-6(2-4)9(14)15;1-3-5-6-4-2;/h1-3H,(H,10,11)(H,12,13)(H,14,15);3-6H2,1-2H3;1H. The number of benzene rings is 1. The van der Waals surface area contributed by atoms with E-state index in [1.807, 2.05) is 0 Å². The van der Waals surface area contributed by atoms with E-state index in [0.29, 0.717) is 0 Å². The Labute approximate surface area is 135 Å². The van der Waals surface area contributed by atoms with Gasteiger partial charge in [0.15, 0.2) is 0 Å². The van der Waals surface area contributed by atoms with E-state index >= 15 is 0 Å². The molecule has 0 heterocycles. The third-order valence-electron chi connectivity index (χ3n) is 2.63. The highest BCUT2D eigenvalue weighted by atomic mass is 35.5. The summed E-state index contributed by atoms with van der Waals surface area (Å²) in [5.41, 5.74) is -1.10. The summed E-state index contributed by atoms with van der Waals surface area (Å²) in [5.74, 6) is -4.12. The molecule has 3 N–H and O–H groups in total. The van der Waals surface area contributed by atoms with E-state index in [9.17, 15) is 14.4 Å². The first-order valence-corrected chi connectivity index (χ1v) is 6.68.